The van der Waals surface area contributed by atoms with Crippen molar-refractivity contribution < 1.29 is 9.72 Å². The maximum absolute atomic E-state index is 12.4. The third-order valence-electron chi connectivity index (χ3n) is 4.30. The van der Waals surface area contributed by atoms with E-state index in [-0.39, 0.29) is 29.6 Å². The van der Waals surface area contributed by atoms with Crippen molar-refractivity contribution in [2.24, 2.45) is 5.73 Å². The SMILES string of the molecule is CCC[C@H](N)C(=O)N[C@]1(c2ccc([N+](=O)[O-])cc2C#N)CCNC1.Cl. The number of hydrogen-bond acceptors (Lipinski definition) is 6. The largest absolute Gasteiger partial charge is 0.344 e. The molecule has 0 bridgehead atoms. The first-order valence-electron chi connectivity index (χ1n) is 7.91. The molecule has 0 aliphatic carbocycles. The minimum Gasteiger partial charge on any atom is -0.344 e. The van der Waals surface area contributed by atoms with E-state index in [2.05, 4.69) is 10.6 Å². The fourth-order valence-electron chi connectivity index (χ4n) is 3.02. The van der Waals surface area contributed by atoms with E-state index >= 15 is 0 Å². The molecule has 1 aromatic carbocycles. The number of nitrogens with zero attached hydrogens (tertiary/aromatic N) is 2. The molecule has 9 heteroatoms. The molecule has 0 radical (unpaired) electrons. The van der Waals surface area contributed by atoms with Gasteiger partial charge in [-0.25, -0.2) is 0 Å². The van der Waals surface area contributed by atoms with E-state index in [1.54, 1.807) is 6.07 Å². The molecule has 8 nitrogen and oxygen atoms in total. The van der Waals surface area contributed by atoms with Gasteiger partial charge in [0.05, 0.1) is 28.1 Å². The third-order valence-corrected chi connectivity index (χ3v) is 4.30. The lowest BCUT2D eigenvalue weighted by Gasteiger charge is -2.32. The highest BCUT2D eigenvalue weighted by molar-refractivity contribution is 5.85. The molecular weight excluding hydrogens is 346 g/mol. The first-order chi connectivity index (χ1) is 11.4. The monoisotopic (exact) mass is 367 g/mol. The third kappa shape index (κ3) is 4.45. The van der Waals surface area contributed by atoms with Crippen LogP contribution < -0.4 is 16.4 Å². The Balaban J connectivity index is 0.00000312. The smallest absolute Gasteiger partial charge is 0.270 e. The predicted molar refractivity (Wildman–Crippen MR) is 95.3 cm³/mol. The summed E-state index contributed by atoms with van der Waals surface area (Å²) in [5.41, 5.74) is 5.74. The van der Waals surface area contributed by atoms with Crippen LogP contribution in [0, 0.1) is 21.4 Å². The average molecular weight is 368 g/mol. The van der Waals surface area contributed by atoms with Gasteiger partial charge in [0.2, 0.25) is 5.91 Å². The molecule has 1 amide bonds. The highest BCUT2D eigenvalue weighted by atomic mass is 35.5. The molecule has 2 rings (SSSR count). The van der Waals surface area contributed by atoms with Crippen molar-refractivity contribution in [3.63, 3.8) is 0 Å². The van der Waals surface area contributed by atoms with E-state index in [0.29, 0.717) is 31.5 Å². The molecule has 1 aliphatic heterocycles. The van der Waals surface area contributed by atoms with E-state index < -0.39 is 16.5 Å². The van der Waals surface area contributed by atoms with Crippen molar-refractivity contribution in [2.45, 2.75) is 37.8 Å². The summed E-state index contributed by atoms with van der Waals surface area (Å²) in [7, 11) is 0. The Hall–Kier alpha value is -2.21. The van der Waals surface area contributed by atoms with Gasteiger partial charge < -0.3 is 16.4 Å². The fraction of sp³-hybridized carbons (Fsp3) is 0.500. The number of nitrogens with two attached hydrogens (primary N) is 1. The lowest BCUT2D eigenvalue weighted by molar-refractivity contribution is -0.384. The van der Waals surface area contributed by atoms with Crippen molar-refractivity contribution in [2.75, 3.05) is 13.1 Å². The molecule has 0 aromatic heterocycles. The fourth-order valence-corrected chi connectivity index (χ4v) is 3.02. The number of nitro groups is 1. The molecule has 0 saturated carbocycles. The zero-order valence-electron chi connectivity index (χ0n) is 13.9. The van der Waals surface area contributed by atoms with Crippen LogP contribution >= 0.6 is 12.4 Å². The lowest BCUT2D eigenvalue weighted by atomic mass is 9.85. The quantitative estimate of drug-likeness (QED) is 0.512. The summed E-state index contributed by atoms with van der Waals surface area (Å²) in [4.78, 5) is 22.8. The highest BCUT2D eigenvalue weighted by Crippen LogP contribution is 2.32. The molecule has 1 heterocycles. The standard InChI is InChI=1S/C16H21N5O3.ClH/c1-2-3-14(18)15(22)20-16(6-7-19-10-16)13-5-4-12(21(23)24)8-11(13)9-17;/h4-5,8,14,19H,2-3,6-7,10,18H2,1H3,(H,20,22);1H/t14-,16+;/m0./s1. The van der Waals surface area contributed by atoms with Crippen molar-refractivity contribution in [1.29, 1.82) is 5.26 Å². The van der Waals surface area contributed by atoms with Crippen molar-refractivity contribution in [3.8, 4) is 6.07 Å². The minimum atomic E-state index is -0.775. The second-order valence-corrected chi connectivity index (χ2v) is 5.99. The van der Waals surface area contributed by atoms with Crippen LogP contribution in [-0.4, -0.2) is 30.0 Å². The van der Waals surface area contributed by atoms with Gasteiger partial charge in [0.25, 0.3) is 5.69 Å². The van der Waals surface area contributed by atoms with Gasteiger partial charge in [-0.05, 0) is 31.0 Å². The number of rotatable bonds is 6. The molecule has 1 saturated heterocycles. The number of benzene rings is 1. The number of carbonyl (C=O) groups is 1. The topological polar surface area (TPSA) is 134 Å². The second-order valence-electron chi connectivity index (χ2n) is 5.99. The van der Waals surface area contributed by atoms with Crippen LogP contribution in [0.3, 0.4) is 0 Å². The molecule has 25 heavy (non-hydrogen) atoms. The number of carbonyl (C=O) groups excluding carboxylic acids is 1. The number of hydrogen-bond donors (Lipinski definition) is 3. The van der Waals surface area contributed by atoms with Crippen LogP contribution in [0.1, 0.15) is 37.3 Å². The van der Waals surface area contributed by atoms with E-state index in [1.165, 1.54) is 12.1 Å². The molecule has 1 fully saturated rings. The number of halogens is 1. The summed E-state index contributed by atoms with van der Waals surface area (Å²) in [6.45, 7) is 3.07. The molecule has 0 spiro atoms. The van der Waals surface area contributed by atoms with Gasteiger partial charge in [-0.15, -0.1) is 12.4 Å². The number of amides is 1. The Morgan fingerprint density at radius 2 is 2.32 bits per heavy atom. The van der Waals surface area contributed by atoms with Gasteiger partial charge in [0.1, 0.15) is 0 Å². The molecule has 0 unspecified atom stereocenters. The number of nitriles is 1. The van der Waals surface area contributed by atoms with Gasteiger partial charge in [-0.1, -0.05) is 13.3 Å². The second kappa shape index (κ2) is 8.76. The van der Waals surface area contributed by atoms with Crippen LogP contribution in [-0.2, 0) is 10.3 Å². The Labute approximate surface area is 152 Å². The van der Waals surface area contributed by atoms with Crippen LogP contribution in [0.15, 0.2) is 18.2 Å². The summed E-state index contributed by atoms with van der Waals surface area (Å²) in [5, 5.41) is 26.5. The van der Waals surface area contributed by atoms with Crippen LogP contribution in [0.25, 0.3) is 0 Å². The first kappa shape index (κ1) is 20.8. The summed E-state index contributed by atoms with van der Waals surface area (Å²) in [5.74, 6) is -0.275. The molecule has 1 aliphatic rings. The summed E-state index contributed by atoms with van der Waals surface area (Å²) in [6.07, 6.45) is 1.95. The van der Waals surface area contributed by atoms with E-state index in [1.807, 2.05) is 13.0 Å². The van der Waals surface area contributed by atoms with E-state index in [0.717, 1.165) is 6.42 Å². The van der Waals surface area contributed by atoms with Gasteiger partial charge in [-0.2, -0.15) is 5.26 Å². The van der Waals surface area contributed by atoms with Gasteiger partial charge >= 0.3 is 0 Å². The number of nitro benzene ring substituents is 1. The lowest BCUT2D eigenvalue weighted by Crippen LogP contribution is -2.53. The maximum atomic E-state index is 12.4. The Kier molecular flexibility index (Phi) is 7.30. The zero-order chi connectivity index (χ0) is 17.7. The van der Waals surface area contributed by atoms with E-state index in [9.17, 15) is 20.2 Å². The molecule has 2 atom stereocenters. The minimum absolute atomic E-state index is 0. The van der Waals surface area contributed by atoms with Crippen molar-refractivity contribution >= 4 is 24.0 Å². The van der Waals surface area contributed by atoms with Crippen LogP contribution in [0.5, 0.6) is 0 Å². The summed E-state index contributed by atoms with van der Waals surface area (Å²) >= 11 is 0. The van der Waals surface area contributed by atoms with Crippen molar-refractivity contribution in [1.82, 2.24) is 10.6 Å². The Morgan fingerprint density at radius 3 is 2.84 bits per heavy atom. The Morgan fingerprint density at radius 1 is 1.60 bits per heavy atom. The Bertz CT molecular complexity index is 683. The number of non-ortho nitro benzene ring substituents is 1. The molecular formula is C16H22ClN5O3. The predicted octanol–water partition coefficient (Wildman–Crippen LogP) is 1.32. The van der Waals surface area contributed by atoms with Gasteiger partial charge in [-0.3, -0.25) is 14.9 Å². The van der Waals surface area contributed by atoms with E-state index in [4.69, 9.17) is 5.73 Å². The normalized spacial score (nSPS) is 20.2. The summed E-state index contributed by atoms with van der Waals surface area (Å²) < 4.78 is 0. The number of nitrogens with one attached hydrogen (secondary N) is 2. The summed E-state index contributed by atoms with van der Waals surface area (Å²) in [6, 6.07) is 5.54. The zero-order valence-corrected chi connectivity index (χ0v) is 14.8. The first-order valence-corrected chi connectivity index (χ1v) is 7.91. The molecule has 4 N–H and O–H groups in total. The highest BCUT2D eigenvalue weighted by Gasteiger charge is 2.40. The van der Waals surface area contributed by atoms with Gasteiger partial charge in [0.15, 0.2) is 0 Å². The molecule has 136 valence electrons. The van der Waals surface area contributed by atoms with Crippen LogP contribution in [0.2, 0.25) is 0 Å². The van der Waals surface area contributed by atoms with Crippen molar-refractivity contribution in [3.05, 3.63) is 39.4 Å². The molecule has 1 aromatic rings. The van der Waals surface area contributed by atoms with Crippen LogP contribution in [0.4, 0.5) is 5.69 Å². The average Bonchev–Trinajstić information content (AvgIpc) is 3.03. The van der Waals surface area contributed by atoms with Gasteiger partial charge in [0, 0.05) is 18.7 Å². The maximum Gasteiger partial charge on any atom is 0.270 e.